The molecule has 0 fully saturated rings. The first-order chi connectivity index (χ1) is 13.0. The first-order valence-electron chi connectivity index (χ1n) is 8.37. The Kier molecular flexibility index (Phi) is 4.16. The van der Waals surface area contributed by atoms with E-state index in [4.69, 9.17) is 4.74 Å². The predicted molar refractivity (Wildman–Crippen MR) is 99.9 cm³/mol. The van der Waals surface area contributed by atoms with Gasteiger partial charge in [-0.15, -0.1) is 0 Å². The van der Waals surface area contributed by atoms with Gasteiger partial charge in [0.25, 0.3) is 0 Å². The van der Waals surface area contributed by atoms with E-state index < -0.39 is 5.97 Å². The van der Waals surface area contributed by atoms with Crippen LogP contribution in [0.1, 0.15) is 16.1 Å². The summed E-state index contributed by atoms with van der Waals surface area (Å²) in [6.45, 7) is 2.01. The Hall–Kier alpha value is -3.54. The lowest BCUT2D eigenvalue weighted by atomic mass is 10.1. The van der Waals surface area contributed by atoms with Crippen molar-refractivity contribution in [2.24, 2.45) is 0 Å². The first kappa shape index (κ1) is 16.9. The van der Waals surface area contributed by atoms with Crippen LogP contribution in [0, 0.1) is 12.7 Å². The Morgan fingerprint density at radius 3 is 2.26 bits per heavy atom. The number of carbonyl (C=O) groups is 1. The van der Waals surface area contributed by atoms with Crippen molar-refractivity contribution in [1.82, 2.24) is 14.6 Å². The highest BCUT2D eigenvalue weighted by molar-refractivity contribution is 5.90. The maximum absolute atomic E-state index is 13.2. The Bertz CT molecular complexity index is 1130. The fourth-order valence-corrected chi connectivity index (χ4v) is 2.86. The number of hydrogen-bond acceptors (Lipinski definition) is 4. The summed E-state index contributed by atoms with van der Waals surface area (Å²) in [4.78, 5) is 16.9. The number of methoxy groups -OCH3 is 1. The van der Waals surface area contributed by atoms with Crippen molar-refractivity contribution in [1.29, 1.82) is 0 Å². The number of ether oxygens (including phenoxy) is 1. The molecule has 0 saturated carbocycles. The largest absolute Gasteiger partial charge is 0.464 e. The van der Waals surface area contributed by atoms with Gasteiger partial charge in [0, 0.05) is 17.2 Å². The summed E-state index contributed by atoms with van der Waals surface area (Å²) >= 11 is 0. The number of nitrogens with zero attached hydrogens (tertiary/aromatic N) is 3. The standard InChI is InChI=1S/C21H16FN3O2/c1-13-3-5-14(6-4-13)17-11-19(21(26)27-2)25-20(23-17)12-18(24-25)15-7-9-16(22)10-8-15/h3-12H,1-2H3. The topological polar surface area (TPSA) is 56.5 Å². The molecule has 0 radical (unpaired) electrons. The number of benzene rings is 2. The van der Waals surface area contributed by atoms with Crippen LogP contribution in [0.15, 0.2) is 60.7 Å². The minimum Gasteiger partial charge on any atom is -0.464 e. The molecule has 4 aromatic rings. The SMILES string of the molecule is COC(=O)c1cc(-c2ccc(C)cc2)nc2cc(-c3ccc(F)cc3)nn12. The normalized spacial score (nSPS) is 10.9. The van der Waals surface area contributed by atoms with Crippen LogP contribution in [0.4, 0.5) is 4.39 Å². The van der Waals surface area contributed by atoms with Gasteiger partial charge in [-0.05, 0) is 37.3 Å². The molecule has 0 atom stereocenters. The second-order valence-electron chi connectivity index (χ2n) is 6.19. The van der Waals surface area contributed by atoms with E-state index in [-0.39, 0.29) is 11.5 Å². The lowest BCUT2D eigenvalue weighted by molar-refractivity contribution is 0.0590. The maximum Gasteiger partial charge on any atom is 0.356 e. The molecule has 0 aliphatic carbocycles. The number of halogens is 1. The molecular formula is C21H16FN3O2. The molecule has 0 bridgehead atoms. The average Bonchev–Trinajstić information content (AvgIpc) is 3.12. The fourth-order valence-electron chi connectivity index (χ4n) is 2.86. The number of hydrogen-bond donors (Lipinski definition) is 0. The van der Waals surface area contributed by atoms with Gasteiger partial charge in [0.2, 0.25) is 0 Å². The molecule has 4 rings (SSSR count). The number of rotatable bonds is 3. The summed E-state index contributed by atoms with van der Waals surface area (Å²) in [5, 5.41) is 4.46. The van der Waals surface area contributed by atoms with Crippen LogP contribution < -0.4 is 0 Å². The third-order valence-corrected chi connectivity index (χ3v) is 4.31. The summed E-state index contributed by atoms with van der Waals surface area (Å²) in [7, 11) is 1.32. The molecule has 2 aromatic carbocycles. The molecule has 6 heteroatoms. The van der Waals surface area contributed by atoms with Crippen molar-refractivity contribution >= 4 is 11.6 Å². The molecule has 0 unspecified atom stereocenters. The maximum atomic E-state index is 13.2. The number of aryl methyl sites for hydroxylation is 1. The molecule has 0 N–H and O–H groups in total. The first-order valence-corrected chi connectivity index (χ1v) is 8.37. The minimum atomic E-state index is -0.510. The molecule has 0 aliphatic heterocycles. The van der Waals surface area contributed by atoms with Crippen LogP contribution in [-0.4, -0.2) is 27.7 Å². The molecule has 5 nitrogen and oxygen atoms in total. The van der Waals surface area contributed by atoms with Gasteiger partial charge in [-0.1, -0.05) is 29.8 Å². The van der Waals surface area contributed by atoms with Crippen molar-refractivity contribution in [2.45, 2.75) is 6.92 Å². The Balaban J connectivity index is 1.91. The van der Waals surface area contributed by atoms with E-state index in [1.807, 2.05) is 31.2 Å². The molecule has 0 saturated heterocycles. The lowest BCUT2D eigenvalue weighted by Gasteiger charge is -2.07. The zero-order chi connectivity index (χ0) is 19.0. The van der Waals surface area contributed by atoms with Crippen LogP contribution in [0.3, 0.4) is 0 Å². The summed E-state index contributed by atoms with van der Waals surface area (Å²) in [6, 6.07) is 17.3. The monoisotopic (exact) mass is 361 g/mol. The number of esters is 1. The average molecular weight is 361 g/mol. The molecule has 2 heterocycles. The summed E-state index contributed by atoms with van der Waals surface area (Å²) in [6.07, 6.45) is 0. The summed E-state index contributed by atoms with van der Waals surface area (Å²) in [5.74, 6) is -0.831. The highest BCUT2D eigenvalue weighted by atomic mass is 19.1. The fraction of sp³-hybridized carbons (Fsp3) is 0.0952. The summed E-state index contributed by atoms with van der Waals surface area (Å²) < 4.78 is 19.5. The van der Waals surface area contributed by atoms with E-state index in [0.717, 1.165) is 16.7 Å². The second-order valence-corrected chi connectivity index (χ2v) is 6.19. The highest BCUT2D eigenvalue weighted by Crippen LogP contribution is 2.24. The second kappa shape index (κ2) is 6.64. The quantitative estimate of drug-likeness (QED) is 0.511. The molecular weight excluding hydrogens is 345 g/mol. The van der Waals surface area contributed by atoms with Gasteiger partial charge in [0.1, 0.15) is 5.82 Å². The minimum absolute atomic E-state index is 0.270. The van der Waals surface area contributed by atoms with Crippen LogP contribution in [0.5, 0.6) is 0 Å². The zero-order valence-electron chi connectivity index (χ0n) is 14.8. The number of fused-ring (bicyclic) bond motifs is 1. The summed E-state index contributed by atoms with van der Waals surface area (Å²) in [5.41, 5.74) is 4.77. The van der Waals surface area contributed by atoms with Gasteiger partial charge in [0.05, 0.1) is 18.5 Å². The van der Waals surface area contributed by atoms with Crippen LogP contribution in [0.25, 0.3) is 28.2 Å². The highest BCUT2D eigenvalue weighted by Gasteiger charge is 2.17. The Morgan fingerprint density at radius 1 is 0.963 bits per heavy atom. The third kappa shape index (κ3) is 3.17. The van der Waals surface area contributed by atoms with E-state index in [1.54, 1.807) is 24.3 Å². The van der Waals surface area contributed by atoms with Crippen LogP contribution >= 0.6 is 0 Å². The van der Waals surface area contributed by atoms with Crippen LogP contribution in [-0.2, 0) is 4.74 Å². The van der Waals surface area contributed by atoms with Gasteiger partial charge in [-0.3, -0.25) is 0 Å². The Morgan fingerprint density at radius 2 is 1.59 bits per heavy atom. The Labute approximate surface area is 155 Å². The van der Waals surface area contributed by atoms with Crippen molar-refractivity contribution < 1.29 is 13.9 Å². The van der Waals surface area contributed by atoms with E-state index in [9.17, 15) is 9.18 Å². The van der Waals surface area contributed by atoms with E-state index in [1.165, 1.54) is 23.8 Å². The van der Waals surface area contributed by atoms with Crippen molar-refractivity contribution in [3.8, 4) is 22.5 Å². The van der Waals surface area contributed by atoms with Crippen molar-refractivity contribution in [2.75, 3.05) is 7.11 Å². The molecule has 0 aliphatic rings. The molecule has 0 spiro atoms. The molecule has 134 valence electrons. The van der Waals surface area contributed by atoms with Gasteiger partial charge in [-0.25, -0.2) is 18.7 Å². The predicted octanol–water partition coefficient (Wildman–Crippen LogP) is 4.30. The van der Waals surface area contributed by atoms with Gasteiger partial charge >= 0.3 is 5.97 Å². The third-order valence-electron chi connectivity index (χ3n) is 4.31. The molecule has 2 aromatic heterocycles. The number of carbonyl (C=O) groups excluding carboxylic acids is 1. The van der Waals surface area contributed by atoms with E-state index in [2.05, 4.69) is 10.1 Å². The van der Waals surface area contributed by atoms with Crippen molar-refractivity contribution in [3.63, 3.8) is 0 Å². The molecule has 27 heavy (non-hydrogen) atoms. The number of aromatic nitrogens is 3. The van der Waals surface area contributed by atoms with Crippen molar-refractivity contribution in [3.05, 3.63) is 77.7 Å². The smallest absolute Gasteiger partial charge is 0.356 e. The lowest BCUT2D eigenvalue weighted by Crippen LogP contribution is -2.10. The van der Waals surface area contributed by atoms with E-state index >= 15 is 0 Å². The molecule has 0 amide bonds. The van der Waals surface area contributed by atoms with E-state index in [0.29, 0.717) is 17.0 Å². The van der Waals surface area contributed by atoms with Gasteiger partial charge in [-0.2, -0.15) is 5.10 Å². The van der Waals surface area contributed by atoms with Gasteiger partial charge in [0.15, 0.2) is 11.3 Å². The van der Waals surface area contributed by atoms with Gasteiger partial charge < -0.3 is 4.74 Å². The van der Waals surface area contributed by atoms with Crippen LogP contribution in [0.2, 0.25) is 0 Å². The zero-order valence-corrected chi connectivity index (χ0v) is 14.8.